The number of benzene rings is 1. The Balaban J connectivity index is 1.72. The highest BCUT2D eigenvalue weighted by molar-refractivity contribution is 5.81. The third-order valence-corrected chi connectivity index (χ3v) is 5.54. The van der Waals surface area contributed by atoms with E-state index in [1.165, 1.54) is 57.4 Å². The number of carbonyl (C=O) groups is 2. The monoisotopic (exact) mass is 453 g/mol. The van der Waals surface area contributed by atoms with Crippen LogP contribution >= 0.6 is 0 Å². The molecule has 0 fully saturated rings. The van der Waals surface area contributed by atoms with E-state index < -0.39 is 0 Å². The highest BCUT2D eigenvalue weighted by Crippen LogP contribution is 2.22. The molecular weight excluding hydrogens is 414 g/mol. The number of Topliss-reactive ketones (excluding diaryl/α,β-unsaturated/α-hetero) is 1. The molecule has 2 aromatic rings. The average Bonchev–Trinajstić information content (AvgIpc) is 2.81. The number of aromatic nitrogens is 1. The Morgan fingerprint density at radius 2 is 1.61 bits per heavy atom. The molecule has 0 spiro atoms. The molecule has 0 bridgehead atoms. The predicted molar refractivity (Wildman–Crippen MR) is 132 cm³/mol. The van der Waals surface area contributed by atoms with Crippen LogP contribution in [0, 0.1) is 0 Å². The van der Waals surface area contributed by atoms with Crippen LogP contribution in [0.25, 0.3) is 11.3 Å². The number of esters is 1. The molecule has 0 aliphatic rings. The highest BCUT2D eigenvalue weighted by atomic mass is 16.6. The molecule has 0 aliphatic heterocycles. The summed E-state index contributed by atoms with van der Waals surface area (Å²) in [5.41, 5.74) is 3.27. The summed E-state index contributed by atoms with van der Waals surface area (Å²) in [5, 5.41) is 0. The van der Waals surface area contributed by atoms with Crippen molar-refractivity contribution in [1.82, 2.24) is 4.98 Å². The van der Waals surface area contributed by atoms with Crippen molar-refractivity contribution in [1.29, 1.82) is 0 Å². The number of unbranched alkanes of at least 4 members (excludes halogenated alkanes) is 6. The predicted octanol–water partition coefficient (Wildman–Crippen LogP) is 6.72. The fourth-order valence-electron chi connectivity index (χ4n) is 3.56. The maximum absolute atomic E-state index is 11.7. The fourth-order valence-corrected chi connectivity index (χ4v) is 3.56. The molecule has 5 nitrogen and oxygen atoms in total. The van der Waals surface area contributed by atoms with Crippen molar-refractivity contribution >= 4 is 11.8 Å². The van der Waals surface area contributed by atoms with Crippen LogP contribution in [0.15, 0.2) is 42.6 Å². The second-order valence-corrected chi connectivity index (χ2v) is 8.76. The standard InChI is InChI=1S/C28H39NO4/c1-4-5-6-7-8-9-10-11-24-13-18-27(29-20-24)25-14-16-26(17-15-25)32-21-23(3)33-28(31)19-12-22(2)30/h13-18,20,23H,4-12,19,21H2,1-3H3. The first-order valence-electron chi connectivity index (χ1n) is 12.3. The zero-order valence-electron chi connectivity index (χ0n) is 20.5. The maximum Gasteiger partial charge on any atom is 0.306 e. The molecule has 0 amide bonds. The molecule has 1 aromatic heterocycles. The first-order chi connectivity index (χ1) is 16.0. The van der Waals surface area contributed by atoms with Crippen molar-refractivity contribution in [3.05, 3.63) is 48.2 Å². The first kappa shape index (κ1) is 26.6. The number of hydrogen-bond acceptors (Lipinski definition) is 5. The van der Waals surface area contributed by atoms with Gasteiger partial charge in [0.1, 0.15) is 24.2 Å². The molecule has 0 saturated heterocycles. The lowest BCUT2D eigenvalue weighted by molar-refractivity contribution is -0.150. The van der Waals surface area contributed by atoms with E-state index in [4.69, 9.17) is 9.47 Å². The molecule has 1 atom stereocenters. The molecular formula is C28H39NO4. The van der Waals surface area contributed by atoms with E-state index >= 15 is 0 Å². The zero-order chi connectivity index (χ0) is 23.9. The minimum Gasteiger partial charge on any atom is -0.490 e. The van der Waals surface area contributed by atoms with Gasteiger partial charge in [-0.05, 0) is 62.6 Å². The van der Waals surface area contributed by atoms with Crippen LogP contribution in [0.5, 0.6) is 5.75 Å². The van der Waals surface area contributed by atoms with Gasteiger partial charge in [-0.1, -0.05) is 51.5 Å². The van der Waals surface area contributed by atoms with Gasteiger partial charge in [0.2, 0.25) is 0 Å². The molecule has 1 aromatic carbocycles. The summed E-state index contributed by atoms with van der Waals surface area (Å²) in [6.45, 7) is 5.75. The molecule has 0 aliphatic carbocycles. The highest BCUT2D eigenvalue weighted by Gasteiger charge is 2.11. The zero-order valence-corrected chi connectivity index (χ0v) is 20.5. The summed E-state index contributed by atoms with van der Waals surface area (Å²) < 4.78 is 11.0. The molecule has 1 heterocycles. The second kappa shape index (κ2) is 15.2. The molecule has 5 heteroatoms. The summed E-state index contributed by atoms with van der Waals surface area (Å²) in [6.07, 6.45) is 12.2. The van der Waals surface area contributed by atoms with E-state index in [0.29, 0.717) is 5.75 Å². The number of carbonyl (C=O) groups excluding carboxylic acids is 2. The van der Waals surface area contributed by atoms with Crippen molar-refractivity contribution in [2.75, 3.05) is 6.61 Å². The normalized spacial score (nSPS) is 11.7. The molecule has 1 unspecified atom stereocenters. The number of ether oxygens (including phenoxy) is 2. The minimum absolute atomic E-state index is 0.0201. The van der Waals surface area contributed by atoms with Gasteiger partial charge < -0.3 is 14.3 Å². The van der Waals surface area contributed by atoms with E-state index in [9.17, 15) is 9.59 Å². The Morgan fingerprint density at radius 1 is 0.909 bits per heavy atom. The van der Waals surface area contributed by atoms with E-state index in [1.807, 2.05) is 30.5 Å². The van der Waals surface area contributed by atoms with Crippen molar-refractivity contribution in [2.24, 2.45) is 0 Å². The number of aryl methyl sites for hydroxylation is 1. The summed E-state index contributed by atoms with van der Waals surface area (Å²) in [4.78, 5) is 27.3. The topological polar surface area (TPSA) is 65.5 Å². The minimum atomic E-state index is -0.380. The van der Waals surface area contributed by atoms with E-state index in [2.05, 4.69) is 24.0 Å². The van der Waals surface area contributed by atoms with E-state index in [1.54, 1.807) is 6.92 Å². The van der Waals surface area contributed by atoms with Crippen molar-refractivity contribution in [2.45, 2.75) is 91.1 Å². The molecule has 0 N–H and O–H groups in total. The third kappa shape index (κ3) is 11.1. The number of ketones is 1. The van der Waals surface area contributed by atoms with Crippen molar-refractivity contribution in [3.63, 3.8) is 0 Å². The Labute approximate surface area is 198 Å². The second-order valence-electron chi connectivity index (χ2n) is 8.76. The number of rotatable bonds is 16. The van der Waals surface area contributed by atoms with Gasteiger partial charge in [-0.3, -0.25) is 9.78 Å². The van der Waals surface area contributed by atoms with Crippen LogP contribution in [0.4, 0.5) is 0 Å². The number of nitrogens with zero attached hydrogens (tertiary/aromatic N) is 1. The number of pyridine rings is 1. The van der Waals surface area contributed by atoms with Crippen LogP contribution in [0.1, 0.15) is 84.1 Å². The Bertz CT molecular complexity index is 830. The van der Waals surface area contributed by atoms with Crippen LogP contribution in [0.3, 0.4) is 0 Å². The van der Waals surface area contributed by atoms with Crippen molar-refractivity contribution in [3.8, 4) is 17.0 Å². The molecule has 0 saturated carbocycles. The van der Waals surface area contributed by atoms with Crippen molar-refractivity contribution < 1.29 is 19.1 Å². The summed E-state index contributed by atoms with van der Waals surface area (Å²) in [6, 6.07) is 12.0. The lowest BCUT2D eigenvalue weighted by atomic mass is 10.0. The summed E-state index contributed by atoms with van der Waals surface area (Å²) in [7, 11) is 0. The quantitative estimate of drug-likeness (QED) is 0.208. The van der Waals surface area contributed by atoms with Crippen LogP contribution in [-0.2, 0) is 20.7 Å². The van der Waals surface area contributed by atoms with Gasteiger partial charge in [0.05, 0.1) is 12.1 Å². The van der Waals surface area contributed by atoms with E-state index in [-0.39, 0.29) is 37.3 Å². The van der Waals surface area contributed by atoms with Gasteiger partial charge in [-0.2, -0.15) is 0 Å². The Morgan fingerprint density at radius 3 is 2.24 bits per heavy atom. The molecule has 0 radical (unpaired) electrons. The fraction of sp³-hybridized carbons (Fsp3) is 0.536. The SMILES string of the molecule is CCCCCCCCCc1ccc(-c2ccc(OCC(C)OC(=O)CCC(C)=O)cc2)nc1. The van der Waals surface area contributed by atoms with Gasteiger partial charge in [0.15, 0.2) is 0 Å². The van der Waals surface area contributed by atoms with Gasteiger partial charge in [0, 0.05) is 18.2 Å². The Hall–Kier alpha value is -2.69. The number of hydrogen-bond donors (Lipinski definition) is 0. The van der Waals surface area contributed by atoms with Gasteiger partial charge in [-0.15, -0.1) is 0 Å². The molecule has 180 valence electrons. The van der Waals surface area contributed by atoms with E-state index in [0.717, 1.165) is 17.7 Å². The van der Waals surface area contributed by atoms with Crippen LogP contribution in [-0.4, -0.2) is 29.4 Å². The van der Waals surface area contributed by atoms with Crippen LogP contribution in [0.2, 0.25) is 0 Å². The maximum atomic E-state index is 11.7. The smallest absolute Gasteiger partial charge is 0.306 e. The summed E-state index contributed by atoms with van der Waals surface area (Å²) in [5.74, 6) is 0.312. The van der Waals surface area contributed by atoms with Gasteiger partial charge in [-0.25, -0.2) is 0 Å². The van der Waals surface area contributed by atoms with Crippen LogP contribution < -0.4 is 4.74 Å². The largest absolute Gasteiger partial charge is 0.490 e. The molecule has 2 rings (SSSR count). The van der Waals surface area contributed by atoms with Gasteiger partial charge >= 0.3 is 5.97 Å². The molecule has 33 heavy (non-hydrogen) atoms. The lowest BCUT2D eigenvalue weighted by Gasteiger charge is -2.14. The third-order valence-electron chi connectivity index (χ3n) is 5.54. The average molecular weight is 454 g/mol. The summed E-state index contributed by atoms with van der Waals surface area (Å²) >= 11 is 0. The lowest BCUT2D eigenvalue weighted by Crippen LogP contribution is -2.22. The van der Waals surface area contributed by atoms with Gasteiger partial charge in [0.25, 0.3) is 0 Å². The Kier molecular flexibility index (Phi) is 12.2. The first-order valence-corrected chi connectivity index (χ1v) is 12.3.